The largest absolute Gasteiger partial charge is 0.327 e. The molecule has 0 spiro atoms. The minimum absolute atomic E-state index is 0.175. The van der Waals surface area contributed by atoms with Crippen LogP contribution in [0.4, 0.5) is 10.1 Å². The highest BCUT2D eigenvalue weighted by molar-refractivity contribution is 7.96. The van der Waals surface area contributed by atoms with Crippen LogP contribution in [0.5, 0.6) is 0 Å². The maximum Gasteiger partial charge on any atom is 0.229 e. The molecular weight excluding hydrogens is 350 g/mol. The molecule has 1 aliphatic rings. The molecule has 0 aromatic heterocycles. The summed E-state index contributed by atoms with van der Waals surface area (Å²) in [7, 11) is -2.48. The predicted octanol–water partition coefficient (Wildman–Crippen LogP) is 2.82. The summed E-state index contributed by atoms with van der Waals surface area (Å²) in [5, 5.41) is 2.72. The van der Waals surface area contributed by atoms with E-state index in [0.717, 1.165) is 39.0 Å². The molecule has 8 heteroatoms. The average Bonchev–Trinajstić information content (AvgIpc) is 2.71. The van der Waals surface area contributed by atoms with E-state index in [9.17, 15) is 17.6 Å². The number of benzene rings is 1. The van der Waals surface area contributed by atoms with Crippen LogP contribution in [0.1, 0.15) is 39.0 Å². The molecular formula is C16H24FN2O3PS. The Morgan fingerprint density at radius 3 is 2.67 bits per heavy atom. The number of hydrogen-bond donors (Lipinski definition) is 2. The minimum atomic E-state index is -4.16. The number of sulfone groups is 1. The van der Waals surface area contributed by atoms with Gasteiger partial charge >= 0.3 is 0 Å². The molecule has 0 radical (unpaired) electrons. The van der Waals surface area contributed by atoms with Crippen LogP contribution in [0.3, 0.4) is 0 Å². The Bertz CT molecular complexity index is 704. The molecule has 1 aliphatic carbocycles. The number of rotatable bonds is 4. The maximum atomic E-state index is 13.9. The van der Waals surface area contributed by atoms with Crippen LogP contribution in [-0.4, -0.2) is 25.1 Å². The van der Waals surface area contributed by atoms with Crippen molar-refractivity contribution in [1.82, 2.24) is 0 Å². The van der Waals surface area contributed by atoms with E-state index in [1.165, 1.54) is 18.2 Å². The summed E-state index contributed by atoms with van der Waals surface area (Å²) in [6, 6.07) is 5.45. The lowest BCUT2D eigenvalue weighted by Gasteiger charge is -2.21. The fourth-order valence-corrected chi connectivity index (χ4v) is 4.28. The zero-order valence-corrected chi connectivity index (χ0v) is 15.6. The van der Waals surface area contributed by atoms with E-state index in [2.05, 4.69) is 5.32 Å². The lowest BCUT2D eigenvalue weighted by atomic mass is 9.94. The van der Waals surface area contributed by atoms with E-state index in [-0.39, 0.29) is 22.8 Å². The SMILES string of the molecule is CC(F)(P)S(=O)(=O)c1cccc(NC(=O)[C@H]2CCCCC[C@H]2N)c1. The van der Waals surface area contributed by atoms with Gasteiger partial charge in [0, 0.05) is 11.7 Å². The zero-order chi connectivity index (χ0) is 18.0. The van der Waals surface area contributed by atoms with Crippen LogP contribution in [0, 0.1) is 5.92 Å². The van der Waals surface area contributed by atoms with Crippen LogP contribution in [-0.2, 0) is 14.6 Å². The van der Waals surface area contributed by atoms with Gasteiger partial charge in [-0.25, -0.2) is 12.8 Å². The highest BCUT2D eigenvalue weighted by atomic mass is 32.2. The lowest BCUT2D eigenvalue weighted by Crippen LogP contribution is -2.37. The van der Waals surface area contributed by atoms with E-state index in [0.29, 0.717) is 5.69 Å². The minimum Gasteiger partial charge on any atom is -0.327 e. The smallest absolute Gasteiger partial charge is 0.229 e. The van der Waals surface area contributed by atoms with E-state index >= 15 is 0 Å². The standard InChI is InChI=1S/C16H24FN2O3PS/c1-16(17,23)24(21,22)12-7-5-6-11(10-12)19-15(20)13-8-3-2-4-9-14(13)18/h5-7,10,13-14H,2-4,8-9,18,23H2,1H3,(H,19,20)/t13-,14+,16?/m0/s1. The summed E-state index contributed by atoms with van der Waals surface area (Å²) in [5.41, 5.74) is 6.41. The predicted molar refractivity (Wildman–Crippen MR) is 96.0 cm³/mol. The Balaban J connectivity index is 2.19. The van der Waals surface area contributed by atoms with Crippen LogP contribution in [0.25, 0.3) is 0 Å². The molecule has 1 aromatic carbocycles. The molecule has 0 saturated heterocycles. The Morgan fingerprint density at radius 2 is 2.00 bits per heavy atom. The van der Waals surface area contributed by atoms with Gasteiger partial charge in [-0.3, -0.25) is 4.79 Å². The van der Waals surface area contributed by atoms with Crippen molar-refractivity contribution in [3.05, 3.63) is 24.3 Å². The first-order chi connectivity index (χ1) is 11.1. The van der Waals surface area contributed by atoms with E-state index in [4.69, 9.17) is 5.73 Å². The first kappa shape index (κ1) is 19.3. The molecule has 2 unspecified atom stereocenters. The molecule has 0 bridgehead atoms. The zero-order valence-electron chi connectivity index (χ0n) is 13.7. The van der Waals surface area contributed by atoms with Crippen LogP contribution >= 0.6 is 9.24 Å². The summed E-state index contributed by atoms with van der Waals surface area (Å²) in [5.74, 6) is -0.506. The van der Waals surface area contributed by atoms with Crippen molar-refractivity contribution in [3.63, 3.8) is 0 Å². The Hall–Kier alpha value is -1.04. The number of nitrogens with one attached hydrogen (secondary N) is 1. The molecule has 5 nitrogen and oxygen atoms in total. The third kappa shape index (κ3) is 4.32. The molecule has 0 aliphatic heterocycles. The molecule has 0 heterocycles. The Labute approximate surface area is 144 Å². The molecule has 1 fully saturated rings. The number of hydrogen-bond acceptors (Lipinski definition) is 4. The van der Waals surface area contributed by atoms with Crippen molar-refractivity contribution in [2.24, 2.45) is 11.7 Å². The number of halogens is 1. The quantitative estimate of drug-likeness (QED) is 0.626. The van der Waals surface area contributed by atoms with Gasteiger partial charge in [-0.15, -0.1) is 0 Å². The Morgan fingerprint density at radius 1 is 1.33 bits per heavy atom. The fourth-order valence-electron chi connectivity index (χ4n) is 2.87. The van der Waals surface area contributed by atoms with Crippen molar-refractivity contribution >= 4 is 30.7 Å². The van der Waals surface area contributed by atoms with Crippen molar-refractivity contribution in [2.75, 3.05) is 5.32 Å². The van der Waals surface area contributed by atoms with Gasteiger partial charge in [0.15, 0.2) is 0 Å². The van der Waals surface area contributed by atoms with Crippen LogP contribution in [0.2, 0.25) is 0 Å². The molecule has 1 aromatic rings. The van der Waals surface area contributed by atoms with Gasteiger partial charge in [-0.1, -0.05) is 34.6 Å². The Kier molecular flexibility index (Phi) is 6.00. The summed E-state index contributed by atoms with van der Waals surface area (Å²) in [6.45, 7) is 0.961. The second-order valence-corrected chi connectivity index (χ2v) is 10.2. The number of carbonyl (C=O) groups excluding carboxylic acids is 1. The molecule has 3 N–H and O–H groups in total. The molecule has 4 atom stereocenters. The van der Waals surface area contributed by atoms with Crippen molar-refractivity contribution in [3.8, 4) is 0 Å². The second kappa shape index (κ2) is 7.46. The first-order valence-electron chi connectivity index (χ1n) is 8.02. The number of anilines is 1. The van der Waals surface area contributed by atoms with Crippen molar-refractivity contribution in [1.29, 1.82) is 0 Å². The van der Waals surface area contributed by atoms with E-state index in [1.54, 1.807) is 15.3 Å². The van der Waals surface area contributed by atoms with Gasteiger partial charge in [-0.2, -0.15) is 0 Å². The second-order valence-electron chi connectivity index (χ2n) is 6.41. The molecule has 1 saturated carbocycles. The van der Waals surface area contributed by atoms with Gasteiger partial charge in [-0.05, 0) is 38.0 Å². The number of amides is 1. The van der Waals surface area contributed by atoms with Gasteiger partial charge in [0.1, 0.15) is 0 Å². The third-order valence-corrected chi connectivity index (χ3v) is 7.20. The van der Waals surface area contributed by atoms with Crippen LogP contribution in [0.15, 0.2) is 29.2 Å². The van der Waals surface area contributed by atoms with E-state index in [1.807, 2.05) is 0 Å². The summed E-state index contributed by atoms with van der Waals surface area (Å²) in [6.07, 6.45) is 4.56. The van der Waals surface area contributed by atoms with Crippen molar-refractivity contribution < 1.29 is 17.6 Å². The van der Waals surface area contributed by atoms with E-state index < -0.39 is 14.6 Å². The first-order valence-corrected chi connectivity index (χ1v) is 10.1. The van der Waals surface area contributed by atoms with Crippen LogP contribution < -0.4 is 11.1 Å². The summed E-state index contributed by atoms with van der Waals surface area (Å²) in [4.78, 5) is 12.3. The molecule has 24 heavy (non-hydrogen) atoms. The normalized spacial score (nSPS) is 24.7. The summed E-state index contributed by atoms with van der Waals surface area (Å²) < 4.78 is 35.8. The summed E-state index contributed by atoms with van der Waals surface area (Å²) >= 11 is 0. The molecule has 1 amide bonds. The number of carbonyl (C=O) groups is 1. The average molecular weight is 374 g/mol. The maximum absolute atomic E-state index is 13.9. The van der Waals surface area contributed by atoms with Gasteiger partial charge in [0.25, 0.3) is 0 Å². The lowest BCUT2D eigenvalue weighted by molar-refractivity contribution is -0.120. The highest BCUT2D eigenvalue weighted by Gasteiger charge is 2.36. The number of alkyl halides is 1. The monoisotopic (exact) mass is 374 g/mol. The van der Waals surface area contributed by atoms with Gasteiger partial charge in [0.05, 0.1) is 10.8 Å². The highest BCUT2D eigenvalue weighted by Crippen LogP contribution is 2.33. The number of nitrogens with two attached hydrogens (primary N) is 1. The van der Waals surface area contributed by atoms with Gasteiger partial charge in [0.2, 0.25) is 20.5 Å². The van der Waals surface area contributed by atoms with Gasteiger partial charge < -0.3 is 11.1 Å². The topological polar surface area (TPSA) is 89.3 Å². The fraction of sp³-hybridized carbons (Fsp3) is 0.562. The third-order valence-electron chi connectivity index (χ3n) is 4.34. The molecule has 2 rings (SSSR count). The molecule has 134 valence electrons. The van der Waals surface area contributed by atoms with Crippen molar-refractivity contribution in [2.45, 2.75) is 54.7 Å².